The molecule has 0 fully saturated rings. The van der Waals surface area contributed by atoms with Crippen LogP contribution in [-0.4, -0.2) is 6.36 Å². The highest BCUT2D eigenvalue weighted by Gasteiger charge is 2.40. The van der Waals surface area contributed by atoms with E-state index in [0.717, 1.165) is 19.1 Å². The highest BCUT2D eigenvalue weighted by Crippen LogP contribution is 2.41. The molecule has 5 rings (SSSR count). The fourth-order valence-electron chi connectivity index (χ4n) is 5.62. The molecule has 0 bridgehead atoms. The average molecular weight is 674 g/mol. The Morgan fingerprint density at radius 1 is 0.688 bits per heavy atom. The van der Waals surface area contributed by atoms with Gasteiger partial charge in [0.15, 0.2) is 34.9 Å². The number of rotatable bonds is 3. The van der Waals surface area contributed by atoms with Crippen LogP contribution >= 0.6 is 0 Å². The van der Waals surface area contributed by atoms with Crippen LogP contribution in [0.4, 0.5) is 48.3 Å². The number of nitrogens with zero attached hydrogens (tertiary/aromatic N) is 4. The molecule has 16 heteroatoms. The van der Waals surface area contributed by atoms with Gasteiger partial charge in [0, 0.05) is 17.6 Å². The Kier molecular flexibility index (Phi) is 8.03. The number of allylic oxidation sites excluding steroid dienone is 3. The number of hydrogen-bond donors (Lipinski definition) is 0. The molecule has 240 valence electrons. The summed E-state index contributed by atoms with van der Waals surface area (Å²) in [5.41, 5.74) is -7.59. The third-order valence-corrected chi connectivity index (χ3v) is 7.64. The summed E-state index contributed by atoms with van der Waals surface area (Å²) in [7, 11) is 0. The van der Waals surface area contributed by atoms with Crippen LogP contribution in [0.3, 0.4) is 0 Å². The van der Waals surface area contributed by atoms with Crippen molar-refractivity contribution in [2.45, 2.75) is 26.1 Å². The van der Waals surface area contributed by atoms with E-state index in [1.54, 1.807) is 0 Å². The maximum Gasteiger partial charge on any atom is 0.573 e. The van der Waals surface area contributed by atoms with Crippen LogP contribution in [0.15, 0.2) is 34.7 Å². The van der Waals surface area contributed by atoms with Crippen LogP contribution in [0.1, 0.15) is 27.8 Å². The van der Waals surface area contributed by atoms with Crippen molar-refractivity contribution in [3.63, 3.8) is 0 Å². The minimum atomic E-state index is -5.78. The minimum Gasteiger partial charge on any atom is -0.399 e. The van der Waals surface area contributed by atoms with Gasteiger partial charge in [-0.1, -0.05) is 0 Å². The second-order valence-electron chi connectivity index (χ2n) is 10.1. The predicted octanol–water partition coefficient (Wildman–Crippen LogP) is 6.91. The summed E-state index contributed by atoms with van der Waals surface area (Å²) >= 11 is 0. The molecule has 2 aliphatic rings. The third kappa shape index (κ3) is 4.90. The lowest BCUT2D eigenvalue weighted by Crippen LogP contribution is -2.21. The molecule has 2 aliphatic carbocycles. The quantitative estimate of drug-likeness (QED) is 0.131. The maximum atomic E-state index is 15.4. The van der Waals surface area contributed by atoms with E-state index in [1.807, 2.05) is 0 Å². The van der Waals surface area contributed by atoms with Gasteiger partial charge in [-0.3, -0.25) is 0 Å². The Balaban J connectivity index is 1.99. The summed E-state index contributed by atoms with van der Waals surface area (Å²) in [4.78, 5) is 6.01. The summed E-state index contributed by atoms with van der Waals surface area (Å²) in [5, 5.41) is 18.5. The predicted molar refractivity (Wildman–Crippen MR) is 141 cm³/mol. The van der Waals surface area contributed by atoms with E-state index in [-0.39, 0.29) is 21.6 Å². The molecule has 0 N–H and O–H groups in total. The van der Waals surface area contributed by atoms with Gasteiger partial charge >= 0.3 is 12.2 Å². The highest BCUT2D eigenvalue weighted by atomic mass is 19.4. The summed E-state index contributed by atoms with van der Waals surface area (Å²) in [6, 6.07) is 4.90. The van der Waals surface area contributed by atoms with Crippen molar-refractivity contribution in [3.8, 4) is 17.9 Å². The van der Waals surface area contributed by atoms with E-state index in [2.05, 4.69) is 14.4 Å². The van der Waals surface area contributed by atoms with Gasteiger partial charge in [0.1, 0.15) is 30.9 Å². The molecule has 0 aliphatic heterocycles. The lowest BCUT2D eigenvalue weighted by atomic mass is 9.94. The first-order valence-corrected chi connectivity index (χ1v) is 12.9. The van der Waals surface area contributed by atoms with E-state index in [4.69, 9.17) is 13.1 Å². The van der Waals surface area contributed by atoms with Gasteiger partial charge in [0.25, 0.3) is 0 Å². The molecule has 0 unspecified atom stereocenters. The molecule has 0 heterocycles. The maximum absolute atomic E-state index is 15.4. The van der Waals surface area contributed by atoms with Crippen molar-refractivity contribution in [2.24, 2.45) is 0 Å². The van der Waals surface area contributed by atoms with E-state index in [0.29, 0.717) is 0 Å². The van der Waals surface area contributed by atoms with Gasteiger partial charge in [0.05, 0.1) is 16.7 Å². The molecule has 0 atom stereocenters. The normalized spacial score (nSPS) is 13.4. The molecule has 3 aromatic rings. The van der Waals surface area contributed by atoms with Gasteiger partial charge in [-0.05, 0) is 58.2 Å². The summed E-state index contributed by atoms with van der Waals surface area (Å²) in [6.45, 7) is 15.5. The highest BCUT2D eigenvalue weighted by molar-refractivity contribution is 5.89. The number of ether oxygens (including phenoxy) is 1. The fourth-order valence-corrected chi connectivity index (χ4v) is 5.62. The molecule has 48 heavy (non-hydrogen) atoms. The largest absolute Gasteiger partial charge is 0.573 e. The molecular formula is C32H9F11N4O. The van der Waals surface area contributed by atoms with Crippen LogP contribution < -0.4 is 15.2 Å². The van der Waals surface area contributed by atoms with E-state index in [9.17, 15) is 41.3 Å². The molecule has 3 aromatic carbocycles. The zero-order valence-corrected chi connectivity index (χ0v) is 23.4. The van der Waals surface area contributed by atoms with Crippen LogP contribution in [-0.2, 0) is 12.8 Å². The zero-order chi connectivity index (χ0) is 35.6. The second-order valence-corrected chi connectivity index (χ2v) is 10.1. The Morgan fingerprint density at radius 3 is 1.48 bits per heavy atom. The lowest BCUT2D eigenvalue weighted by Gasteiger charge is -2.15. The van der Waals surface area contributed by atoms with Gasteiger partial charge in [-0.25, -0.2) is 26.3 Å². The summed E-state index contributed by atoms with van der Waals surface area (Å²) < 4.78 is 162. The first-order valence-electron chi connectivity index (χ1n) is 12.9. The average Bonchev–Trinajstić information content (AvgIpc) is 3.58. The summed E-state index contributed by atoms with van der Waals surface area (Å²) in [6.07, 6.45) is -7.01. The first-order chi connectivity index (χ1) is 22.5. The molecular weight excluding hydrogens is 665 g/mol. The molecule has 0 radical (unpaired) electrons. The minimum absolute atomic E-state index is 0.114. The Bertz CT molecular complexity index is 2310. The SMILES string of the molecule is [C-]#[N+]C([N+]#[C-])=C1Cc2cc3c(cc2=C1c1c(F)c(F)c(C)c(F)c1F)CC(=C(C#N)C#N)C=3c1c(F)c(F)c(OC(F)(F)F)c(F)c1F. The van der Waals surface area contributed by atoms with E-state index < -0.39 is 122 Å². The number of benzene rings is 3. The summed E-state index contributed by atoms with van der Waals surface area (Å²) in [5.74, 6) is -20.7. The van der Waals surface area contributed by atoms with Crippen molar-refractivity contribution in [1.29, 1.82) is 10.5 Å². The Hall–Kier alpha value is -6.13. The monoisotopic (exact) mass is 674 g/mol. The lowest BCUT2D eigenvalue weighted by molar-refractivity contribution is -0.276. The van der Waals surface area contributed by atoms with Gasteiger partial charge < -0.3 is 4.74 Å². The fraction of sp³-hybridized carbons (Fsp3) is 0.125. The standard InChI is InChI=1S/C32H9F11N4O/c1-10-22(33)24(35)21(25(36)23(10)34)19-15-4-11-6-16(13(8-44)9-45)18(14(11)5-12(15)7-17(19)31(46-2)47-3)20-26(37)28(39)30(29(40)27(20)38)48-32(41,42)43/h4-5H,6-7H2,1H3. The number of nitriles is 2. The molecule has 0 saturated heterocycles. The van der Waals surface area contributed by atoms with Gasteiger partial charge in [-0.2, -0.15) is 29.0 Å². The van der Waals surface area contributed by atoms with Crippen molar-refractivity contribution in [2.75, 3.05) is 0 Å². The topological polar surface area (TPSA) is 65.5 Å². The van der Waals surface area contributed by atoms with Crippen LogP contribution in [0.25, 0.3) is 20.8 Å². The van der Waals surface area contributed by atoms with Gasteiger partial charge in [0.2, 0.25) is 17.4 Å². The number of hydrogen-bond acceptors (Lipinski definition) is 3. The van der Waals surface area contributed by atoms with Crippen molar-refractivity contribution in [3.05, 3.63) is 142 Å². The molecule has 0 aromatic heterocycles. The van der Waals surface area contributed by atoms with Crippen molar-refractivity contribution in [1.82, 2.24) is 0 Å². The van der Waals surface area contributed by atoms with Crippen LogP contribution in [0.5, 0.6) is 5.75 Å². The number of halogens is 11. The van der Waals surface area contributed by atoms with Gasteiger partial charge in [-0.15, -0.1) is 13.2 Å². The van der Waals surface area contributed by atoms with Crippen molar-refractivity contribution >= 4 is 11.1 Å². The smallest absolute Gasteiger partial charge is 0.399 e. The number of fused-ring (bicyclic) bond motifs is 2. The Labute approximate surface area is 261 Å². The van der Waals surface area contributed by atoms with E-state index >= 15 is 17.6 Å². The third-order valence-electron chi connectivity index (χ3n) is 7.64. The zero-order valence-electron chi connectivity index (χ0n) is 23.4. The first kappa shape index (κ1) is 33.2. The number of alkyl halides is 3. The molecule has 0 amide bonds. The second kappa shape index (κ2) is 11.6. The molecule has 0 spiro atoms. The molecule has 5 nitrogen and oxygen atoms in total. The Morgan fingerprint density at radius 2 is 1.08 bits per heavy atom. The van der Waals surface area contributed by atoms with E-state index in [1.165, 1.54) is 12.1 Å². The van der Waals surface area contributed by atoms with Crippen molar-refractivity contribution < 1.29 is 53.0 Å². The molecule has 0 saturated carbocycles. The van der Waals surface area contributed by atoms with Crippen LogP contribution in [0.2, 0.25) is 0 Å². The van der Waals surface area contributed by atoms with Crippen LogP contribution in [0, 0.1) is 89.3 Å².